The van der Waals surface area contributed by atoms with Crippen molar-refractivity contribution in [1.82, 2.24) is 0 Å². The molecule has 0 aliphatic carbocycles. The van der Waals surface area contributed by atoms with Gasteiger partial charge in [-0.1, -0.05) is 18.2 Å². The first-order valence-corrected chi connectivity index (χ1v) is 10.5. The van der Waals surface area contributed by atoms with Crippen molar-refractivity contribution >= 4 is 40.9 Å². The average Bonchev–Trinajstić information content (AvgIpc) is 2.97. The number of amides is 3. The van der Waals surface area contributed by atoms with Crippen molar-refractivity contribution in [1.29, 1.82) is 0 Å². The molecule has 0 unspecified atom stereocenters. The lowest BCUT2D eigenvalue weighted by Crippen LogP contribution is -2.31. The molecule has 0 aromatic heterocycles. The minimum Gasteiger partial charge on any atom is -0.492 e. The standard InChI is InChI=1S/C22H24N2O4S/c1-4-28-18-8-6-5-7-17(18)23-20(25)13-29-19-12-21(26)24(22(19)27)16-10-9-14(2)15(3)11-16/h5-11,19H,4,12-13H2,1-3H3,(H,23,25)/t19-/m1/s1. The van der Waals surface area contributed by atoms with Gasteiger partial charge in [-0.15, -0.1) is 11.8 Å². The normalized spacial score (nSPS) is 16.2. The Bertz CT molecular complexity index is 944. The van der Waals surface area contributed by atoms with Crippen LogP contribution in [-0.4, -0.2) is 35.3 Å². The molecule has 1 fully saturated rings. The van der Waals surface area contributed by atoms with Crippen LogP contribution in [0.4, 0.5) is 11.4 Å². The summed E-state index contributed by atoms with van der Waals surface area (Å²) in [6, 6.07) is 12.7. The monoisotopic (exact) mass is 412 g/mol. The number of aryl methyl sites for hydroxylation is 2. The summed E-state index contributed by atoms with van der Waals surface area (Å²) in [7, 11) is 0. The second-order valence-electron chi connectivity index (χ2n) is 6.82. The van der Waals surface area contributed by atoms with Crippen molar-refractivity contribution in [3.63, 3.8) is 0 Å². The fourth-order valence-electron chi connectivity index (χ4n) is 3.08. The molecule has 29 heavy (non-hydrogen) atoms. The van der Waals surface area contributed by atoms with E-state index in [1.807, 2.05) is 45.0 Å². The van der Waals surface area contributed by atoms with Gasteiger partial charge in [-0.3, -0.25) is 14.4 Å². The number of carbonyl (C=O) groups excluding carboxylic acids is 3. The molecule has 3 amide bonds. The molecule has 0 bridgehead atoms. The molecule has 1 aliphatic rings. The molecule has 7 heteroatoms. The fraction of sp³-hybridized carbons (Fsp3) is 0.318. The molecule has 2 aromatic carbocycles. The third kappa shape index (κ3) is 4.79. The summed E-state index contributed by atoms with van der Waals surface area (Å²) in [6.07, 6.45) is 0.0965. The summed E-state index contributed by atoms with van der Waals surface area (Å²) < 4.78 is 5.50. The van der Waals surface area contributed by atoms with Crippen LogP contribution in [0, 0.1) is 13.8 Å². The third-order valence-corrected chi connectivity index (χ3v) is 5.93. The van der Waals surface area contributed by atoms with Gasteiger partial charge in [0.15, 0.2) is 0 Å². The lowest BCUT2D eigenvalue weighted by Gasteiger charge is -2.16. The molecule has 1 aliphatic heterocycles. The van der Waals surface area contributed by atoms with E-state index in [9.17, 15) is 14.4 Å². The number of benzene rings is 2. The minimum absolute atomic E-state index is 0.0743. The van der Waals surface area contributed by atoms with Crippen molar-refractivity contribution in [3.8, 4) is 5.75 Å². The van der Waals surface area contributed by atoms with E-state index < -0.39 is 5.25 Å². The van der Waals surface area contributed by atoms with Gasteiger partial charge in [-0.25, -0.2) is 4.90 Å². The van der Waals surface area contributed by atoms with Crippen LogP contribution in [0.15, 0.2) is 42.5 Å². The molecule has 1 N–H and O–H groups in total. The Morgan fingerprint density at radius 1 is 1.17 bits per heavy atom. The van der Waals surface area contributed by atoms with Gasteiger partial charge in [0.1, 0.15) is 5.75 Å². The zero-order valence-corrected chi connectivity index (χ0v) is 17.5. The van der Waals surface area contributed by atoms with Gasteiger partial charge >= 0.3 is 0 Å². The van der Waals surface area contributed by atoms with Crippen molar-refractivity contribution in [2.75, 3.05) is 22.6 Å². The van der Waals surface area contributed by atoms with Crippen LogP contribution < -0.4 is 15.0 Å². The Hall–Kier alpha value is -2.80. The molecular weight excluding hydrogens is 388 g/mol. The van der Waals surface area contributed by atoms with E-state index in [0.717, 1.165) is 11.1 Å². The minimum atomic E-state index is -0.558. The number of hydrogen-bond acceptors (Lipinski definition) is 5. The molecule has 3 rings (SSSR count). The van der Waals surface area contributed by atoms with E-state index in [0.29, 0.717) is 23.7 Å². The highest BCUT2D eigenvalue weighted by Crippen LogP contribution is 2.31. The molecule has 6 nitrogen and oxygen atoms in total. The second kappa shape index (κ2) is 9.13. The zero-order chi connectivity index (χ0) is 21.0. The maximum Gasteiger partial charge on any atom is 0.247 e. The number of hydrogen-bond donors (Lipinski definition) is 1. The maximum atomic E-state index is 12.8. The van der Waals surface area contributed by atoms with E-state index >= 15 is 0 Å². The van der Waals surface area contributed by atoms with Gasteiger partial charge in [-0.2, -0.15) is 0 Å². The topological polar surface area (TPSA) is 75.7 Å². The van der Waals surface area contributed by atoms with Gasteiger partial charge in [0, 0.05) is 6.42 Å². The molecule has 1 heterocycles. The largest absolute Gasteiger partial charge is 0.492 e. The summed E-state index contributed by atoms with van der Waals surface area (Å²) >= 11 is 1.18. The summed E-state index contributed by atoms with van der Waals surface area (Å²) in [4.78, 5) is 38.8. The van der Waals surface area contributed by atoms with Crippen molar-refractivity contribution in [3.05, 3.63) is 53.6 Å². The molecule has 1 atom stereocenters. The highest BCUT2D eigenvalue weighted by Gasteiger charge is 2.40. The van der Waals surface area contributed by atoms with E-state index in [1.54, 1.807) is 18.2 Å². The molecule has 1 saturated heterocycles. The third-order valence-electron chi connectivity index (χ3n) is 4.73. The maximum absolute atomic E-state index is 12.8. The van der Waals surface area contributed by atoms with Crippen LogP contribution in [0.1, 0.15) is 24.5 Å². The lowest BCUT2D eigenvalue weighted by atomic mass is 10.1. The smallest absolute Gasteiger partial charge is 0.247 e. The van der Waals surface area contributed by atoms with Gasteiger partial charge in [0.05, 0.1) is 29.0 Å². The molecule has 0 saturated carbocycles. The predicted octanol–water partition coefficient (Wildman–Crippen LogP) is 3.71. The number of thioether (sulfide) groups is 1. The average molecular weight is 413 g/mol. The molecular formula is C22H24N2O4S. The summed E-state index contributed by atoms with van der Waals surface area (Å²) in [6.45, 7) is 6.29. The van der Waals surface area contributed by atoms with Crippen LogP contribution >= 0.6 is 11.8 Å². The van der Waals surface area contributed by atoms with E-state index in [4.69, 9.17) is 4.74 Å². The Labute approximate surface area is 174 Å². The quantitative estimate of drug-likeness (QED) is 0.702. The number of para-hydroxylation sites is 2. The van der Waals surface area contributed by atoms with Crippen LogP contribution in [-0.2, 0) is 14.4 Å². The van der Waals surface area contributed by atoms with E-state index in [2.05, 4.69) is 5.32 Å². The van der Waals surface area contributed by atoms with Crippen molar-refractivity contribution < 1.29 is 19.1 Å². The lowest BCUT2D eigenvalue weighted by molar-refractivity contribution is -0.121. The number of imide groups is 1. The van der Waals surface area contributed by atoms with Crippen LogP contribution in [0.5, 0.6) is 5.75 Å². The number of nitrogens with one attached hydrogen (secondary N) is 1. The van der Waals surface area contributed by atoms with E-state index in [1.165, 1.54) is 16.7 Å². The van der Waals surface area contributed by atoms with E-state index in [-0.39, 0.29) is 29.9 Å². The first-order chi connectivity index (χ1) is 13.9. The van der Waals surface area contributed by atoms with Gasteiger partial charge in [0.2, 0.25) is 17.7 Å². The molecule has 0 radical (unpaired) electrons. The summed E-state index contributed by atoms with van der Waals surface area (Å²) in [5.74, 6) is -0.0812. The number of rotatable bonds is 7. The zero-order valence-electron chi connectivity index (χ0n) is 16.7. The number of nitrogens with zero attached hydrogens (tertiary/aromatic N) is 1. The van der Waals surface area contributed by atoms with Crippen LogP contribution in [0.2, 0.25) is 0 Å². The Balaban J connectivity index is 1.61. The Morgan fingerprint density at radius 2 is 1.93 bits per heavy atom. The Kier molecular flexibility index (Phi) is 6.59. The van der Waals surface area contributed by atoms with Gasteiger partial charge in [-0.05, 0) is 56.2 Å². The highest BCUT2D eigenvalue weighted by atomic mass is 32.2. The van der Waals surface area contributed by atoms with Gasteiger partial charge in [0.25, 0.3) is 0 Å². The van der Waals surface area contributed by atoms with Crippen LogP contribution in [0.3, 0.4) is 0 Å². The predicted molar refractivity (Wildman–Crippen MR) is 116 cm³/mol. The Morgan fingerprint density at radius 3 is 2.66 bits per heavy atom. The van der Waals surface area contributed by atoms with Gasteiger partial charge < -0.3 is 10.1 Å². The molecule has 152 valence electrons. The highest BCUT2D eigenvalue weighted by molar-refractivity contribution is 8.01. The first-order valence-electron chi connectivity index (χ1n) is 9.48. The fourth-order valence-corrected chi connectivity index (χ4v) is 4.02. The van der Waals surface area contributed by atoms with Crippen LogP contribution in [0.25, 0.3) is 0 Å². The molecule has 0 spiro atoms. The SMILES string of the molecule is CCOc1ccccc1NC(=O)CS[C@@H]1CC(=O)N(c2ccc(C)c(C)c2)C1=O. The number of ether oxygens (including phenoxy) is 1. The molecule has 2 aromatic rings. The van der Waals surface area contributed by atoms with Crippen molar-refractivity contribution in [2.45, 2.75) is 32.4 Å². The van der Waals surface area contributed by atoms with Crippen molar-refractivity contribution in [2.24, 2.45) is 0 Å². The first kappa shape index (κ1) is 20.9. The second-order valence-corrected chi connectivity index (χ2v) is 8.01. The number of carbonyl (C=O) groups is 3. The summed E-state index contributed by atoms with van der Waals surface area (Å²) in [5, 5.41) is 2.25. The number of anilines is 2. The summed E-state index contributed by atoms with van der Waals surface area (Å²) in [5.41, 5.74) is 3.29.